The van der Waals surface area contributed by atoms with E-state index in [1.807, 2.05) is 13.1 Å². The van der Waals surface area contributed by atoms with Gasteiger partial charge in [0.15, 0.2) is 5.96 Å². The molecule has 0 bridgehead atoms. The van der Waals surface area contributed by atoms with E-state index in [1.165, 1.54) is 11.3 Å². The molecular formula is C17H29IN4. The van der Waals surface area contributed by atoms with Gasteiger partial charge in [0.1, 0.15) is 0 Å². The average Bonchev–Trinajstić information content (AvgIpc) is 2.48. The van der Waals surface area contributed by atoms with E-state index in [-0.39, 0.29) is 24.0 Å². The molecule has 0 amide bonds. The monoisotopic (exact) mass is 416 g/mol. The number of guanidine groups is 1. The van der Waals surface area contributed by atoms with E-state index in [9.17, 15) is 0 Å². The molecule has 0 saturated carbocycles. The third-order valence-corrected chi connectivity index (χ3v) is 3.35. The van der Waals surface area contributed by atoms with Crippen LogP contribution < -0.4 is 10.2 Å². The van der Waals surface area contributed by atoms with Crippen molar-refractivity contribution in [2.45, 2.75) is 19.4 Å². The molecule has 0 saturated heterocycles. The van der Waals surface area contributed by atoms with Crippen LogP contribution in [0.2, 0.25) is 0 Å². The van der Waals surface area contributed by atoms with E-state index < -0.39 is 0 Å². The van der Waals surface area contributed by atoms with Crippen LogP contribution >= 0.6 is 24.0 Å². The molecule has 124 valence electrons. The molecule has 5 heteroatoms. The Hall–Kier alpha value is -1.24. The second-order valence-corrected chi connectivity index (χ2v) is 5.32. The summed E-state index contributed by atoms with van der Waals surface area (Å²) >= 11 is 0. The fraction of sp³-hybridized carbons (Fsp3) is 0.471. The molecule has 0 aliphatic heterocycles. The Morgan fingerprint density at radius 3 is 2.64 bits per heavy atom. The Morgan fingerprint density at radius 2 is 2.05 bits per heavy atom. The Kier molecular flexibility index (Phi) is 10.7. The molecule has 1 aromatic carbocycles. The summed E-state index contributed by atoms with van der Waals surface area (Å²) in [5.41, 5.74) is 2.46. The lowest BCUT2D eigenvalue weighted by Crippen LogP contribution is -2.38. The largest absolute Gasteiger partial charge is 0.378 e. The Morgan fingerprint density at radius 1 is 1.32 bits per heavy atom. The van der Waals surface area contributed by atoms with Crippen LogP contribution in [0.4, 0.5) is 5.69 Å². The highest BCUT2D eigenvalue weighted by Crippen LogP contribution is 2.13. The van der Waals surface area contributed by atoms with Gasteiger partial charge in [-0.3, -0.25) is 4.99 Å². The standard InChI is InChI=1S/C17H28N4.HI/c1-6-7-8-12-21(5)17(18-2)19-14-15-10-9-11-16(13-15)20(3)4;/h6,9-11,13H,1,7-8,12,14H2,2-5H3,(H,18,19);1H. The summed E-state index contributed by atoms with van der Waals surface area (Å²) in [5.74, 6) is 0.925. The molecule has 1 rings (SSSR count). The molecule has 0 aliphatic carbocycles. The Labute approximate surface area is 152 Å². The molecule has 1 aromatic rings. The van der Waals surface area contributed by atoms with Gasteiger partial charge in [-0.1, -0.05) is 18.2 Å². The molecule has 0 heterocycles. The number of unbranched alkanes of at least 4 members (excludes halogenated alkanes) is 1. The van der Waals surface area contributed by atoms with E-state index in [4.69, 9.17) is 0 Å². The fourth-order valence-electron chi connectivity index (χ4n) is 2.09. The SMILES string of the molecule is C=CCCCN(C)C(=NC)NCc1cccc(N(C)C)c1.I. The number of nitrogens with zero attached hydrogens (tertiary/aromatic N) is 3. The maximum atomic E-state index is 4.33. The van der Waals surface area contributed by atoms with Gasteiger partial charge in [-0.2, -0.15) is 0 Å². The summed E-state index contributed by atoms with van der Waals surface area (Å²) in [7, 11) is 7.99. The molecule has 4 nitrogen and oxygen atoms in total. The van der Waals surface area contributed by atoms with Crippen LogP contribution in [0.5, 0.6) is 0 Å². The van der Waals surface area contributed by atoms with E-state index in [0.717, 1.165) is 31.9 Å². The minimum atomic E-state index is 0. The van der Waals surface area contributed by atoms with Crippen LogP contribution in [-0.4, -0.2) is 45.6 Å². The van der Waals surface area contributed by atoms with E-state index in [0.29, 0.717) is 0 Å². The topological polar surface area (TPSA) is 30.9 Å². The van der Waals surface area contributed by atoms with Gasteiger partial charge in [0.25, 0.3) is 0 Å². The van der Waals surface area contributed by atoms with E-state index in [2.05, 4.69) is 72.1 Å². The maximum absolute atomic E-state index is 4.33. The zero-order valence-corrected chi connectivity index (χ0v) is 16.5. The number of hydrogen-bond acceptors (Lipinski definition) is 2. The van der Waals surface area contributed by atoms with Crippen LogP contribution in [-0.2, 0) is 6.54 Å². The van der Waals surface area contributed by atoms with Crippen molar-refractivity contribution in [2.24, 2.45) is 4.99 Å². The normalized spacial score (nSPS) is 10.6. The Bertz CT molecular complexity index is 471. The highest BCUT2D eigenvalue weighted by atomic mass is 127. The lowest BCUT2D eigenvalue weighted by Gasteiger charge is -2.22. The molecular weight excluding hydrogens is 387 g/mol. The van der Waals surface area contributed by atoms with E-state index in [1.54, 1.807) is 0 Å². The molecule has 0 spiro atoms. The van der Waals surface area contributed by atoms with Crippen molar-refractivity contribution in [1.29, 1.82) is 0 Å². The van der Waals surface area contributed by atoms with Crippen molar-refractivity contribution < 1.29 is 0 Å². The van der Waals surface area contributed by atoms with Gasteiger partial charge >= 0.3 is 0 Å². The molecule has 0 radical (unpaired) electrons. The van der Waals surface area contributed by atoms with Gasteiger partial charge in [-0.25, -0.2) is 0 Å². The minimum Gasteiger partial charge on any atom is -0.378 e. The Balaban J connectivity index is 0.00000441. The van der Waals surface area contributed by atoms with Gasteiger partial charge < -0.3 is 15.1 Å². The summed E-state index contributed by atoms with van der Waals surface area (Å²) in [4.78, 5) is 8.60. The lowest BCUT2D eigenvalue weighted by molar-refractivity contribution is 0.470. The van der Waals surface area contributed by atoms with Gasteiger partial charge in [0.05, 0.1) is 0 Å². The van der Waals surface area contributed by atoms with Crippen LogP contribution in [0.3, 0.4) is 0 Å². The van der Waals surface area contributed by atoms with Crippen molar-refractivity contribution in [3.63, 3.8) is 0 Å². The van der Waals surface area contributed by atoms with Gasteiger partial charge in [0, 0.05) is 47.0 Å². The number of allylic oxidation sites excluding steroid dienone is 1. The first-order valence-electron chi connectivity index (χ1n) is 7.37. The average molecular weight is 416 g/mol. The molecule has 0 unspecified atom stereocenters. The van der Waals surface area contributed by atoms with Crippen molar-refractivity contribution in [3.05, 3.63) is 42.5 Å². The van der Waals surface area contributed by atoms with Crippen molar-refractivity contribution in [3.8, 4) is 0 Å². The molecule has 1 N–H and O–H groups in total. The van der Waals surface area contributed by atoms with Crippen LogP contribution in [0.1, 0.15) is 18.4 Å². The number of benzene rings is 1. The van der Waals surface area contributed by atoms with Crippen molar-refractivity contribution in [2.75, 3.05) is 39.6 Å². The quantitative estimate of drug-likeness (QED) is 0.243. The highest BCUT2D eigenvalue weighted by Gasteiger charge is 2.05. The predicted octanol–water partition coefficient (Wildman–Crippen LogP) is 3.34. The summed E-state index contributed by atoms with van der Waals surface area (Å²) in [6.45, 7) is 5.51. The highest BCUT2D eigenvalue weighted by molar-refractivity contribution is 14.0. The maximum Gasteiger partial charge on any atom is 0.193 e. The second kappa shape index (κ2) is 11.3. The zero-order valence-electron chi connectivity index (χ0n) is 14.2. The number of nitrogens with one attached hydrogen (secondary N) is 1. The fourth-order valence-corrected chi connectivity index (χ4v) is 2.09. The van der Waals surface area contributed by atoms with Gasteiger partial charge in [0.2, 0.25) is 0 Å². The molecule has 22 heavy (non-hydrogen) atoms. The third-order valence-electron chi connectivity index (χ3n) is 3.35. The van der Waals surface area contributed by atoms with Crippen molar-refractivity contribution >= 4 is 35.6 Å². The first-order chi connectivity index (χ1) is 10.1. The van der Waals surface area contributed by atoms with Crippen molar-refractivity contribution in [1.82, 2.24) is 10.2 Å². The van der Waals surface area contributed by atoms with Crippen LogP contribution in [0.15, 0.2) is 41.9 Å². The van der Waals surface area contributed by atoms with Crippen LogP contribution in [0.25, 0.3) is 0 Å². The molecule has 0 aromatic heterocycles. The van der Waals surface area contributed by atoms with E-state index >= 15 is 0 Å². The summed E-state index contributed by atoms with van der Waals surface area (Å²) in [6.07, 6.45) is 4.08. The number of rotatable bonds is 7. The number of hydrogen-bond donors (Lipinski definition) is 1. The minimum absolute atomic E-state index is 0. The first kappa shape index (κ1) is 20.8. The lowest BCUT2D eigenvalue weighted by atomic mass is 10.2. The van der Waals surface area contributed by atoms with Crippen LogP contribution in [0, 0.1) is 0 Å². The predicted molar refractivity (Wildman–Crippen MR) is 108 cm³/mol. The van der Waals surface area contributed by atoms with Gasteiger partial charge in [-0.15, -0.1) is 30.6 Å². The zero-order chi connectivity index (χ0) is 15.7. The molecule has 0 atom stereocenters. The molecule has 0 aliphatic rings. The summed E-state index contributed by atoms with van der Waals surface area (Å²) in [5, 5.41) is 3.41. The summed E-state index contributed by atoms with van der Waals surface area (Å²) in [6, 6.07) is 8.52. The molecule has 0 fully saturated rings. The third kappa shape index (κ3) is 7.15. The number of anilines is 1. The van der Waals surface area contributed by atoms with Gasteiger partial charge in [-0.05, 0) is 30.5 Å². The number of halogens is 1. The smallest absolute Gasteiger partial charge is 0.193 e. The second-order valence-electron chi connectivity index (χ2n) is 5.32. The number of aliphatic imine (C=N–C) groups is 1. The summed E-state index contributed by atoms with van der Waals surface area (Å²) < 4.78 is 0. The first-order valence-corrected chi connectivity index (χ1v) is 7.37.